The van der Waals surface area contributed by atoms with Gasteiger partial charge in [-0.2, -0.15) is 0 Å². The summed E-state index contributed by atoms with van der Waals surface area (Å²) in [5, 5.41) is 6.24. The molecule has 6 heteroatoms. The first kappa shape index (κ1) is 15.2. The minimum atomic E-state index is 0.0292. The molecule has 21 heavy (non-hydrogen) atoms. The molecule has 2 aromatic rings. The van der Waals surface area contributed by atoms with Crippen LogP contribution >= 0.6 is 43.2 Å². The fraction of sp³-hybridized carbons (Fsp3) is 0.267. The fourth-order valence-corrected chi connectivity index (χ4v) is 4.82. The molecule has 110 valence electrons. The number of hydrogen-bond donors (Lipinski definition) is 2. The van der Waals surface area contributed by atoms with Crippen LogP contribution in [0.3, 0.4) is 0 Å². The van der Waals surface area contributed by atoms with Crippen LogP contribution in [0.15, 0.2) is 32.5 Å². The summed E-state index contributed by atoms with van der Waals surface area (Å²) < 4.78 is 2.13. The molecular formula is C15H14Br2N2OS. The van der Waals surface area contributed by atoms with Gasteiger partial charge in [-0.1, -0.05) is 12.1 Å². The second kappa shape index (κ2) is 6.20. The molecule has 1 aliphatic rings. The van der Waals surface area contributed by atoms with E-state index in [0.29, 0.717) is 0 Å². The summed E-state index contributed by atoms with van der Waals surface area (Å²) in [6, 6.07) is 8.38. The molecule has 2 heterocycles. The van der Waals surface area contributed by atoms with Gasteiger partial charge in [-0.3, -0.25) is 4.79 Å². The van der Waals surface area contributed by atoms with E-state index in [4.69, 9.17) is 0 Å². The van der Waals surface area contributed by atoms with Gasteiger partial charge in [0.15, 0.2) is 0 Å². The van der Waals surface area contributed by atoms with Crippen molar-refractivity contribution in [2.45, 2.75) is 12.5 Å². The van der Waals surface area contributed by atoms with E-state index >= 15 is 0 Å². The SMILES string of the molecule is CNC(c1ccc2c(c1)C(=O)NCC2)c1cc(Br)c(Br)s1. The summed E-state index contributed by atoms with van der Waals surface area (Å²) >= 11 is 8.75. The maximum Gasteiger partial charge on any atom is 0.251 e. The van der Waals surface area contributed by atoms with E-state index in [9.17, 15) is 4.79 Å². The number of thiophene rings is 1. The molecule has 0 spiro atoms. The monoisotopic (exact) mass is 428 g/mol. The first-order valence-electron chi connectivity index (χ1n) is 6.63. The van der Waals surface area contributed by atoms with Gasteiger partial charge in [-0.05, 0) is 68.6 Å². The lowest BCUT2D eigenvalue weighted by Crippen LogP contribution is -2.32. The van der Waals surface area contributed by atoms with E-state index in [1.165, 1.54) is 4.88 Å². The third-order valence-corrected chi connectivity index (χ3v) is 6.95. The zero-order valence-corrected chi connectivity index (χ0v) is 15.4. The van der Waals surface area contributed by atoms with Crippen LogP contribution in [0.25, 0.3) is 0 Å². The van der Waals surface area contributed by atoms with Crippen LogP contribution < -0.4 is 10.6 Å². The summed E-state index contributed by atoms with van der Waals surface area (Å²) in [5.74, 6) is 0.0292. The lowest BCUT2D eigenvalue weighted by atomic mass is 9.95. The van der Waals surface area contributed by atoms with Gasteiger partial charge in [0.2, 0.25) is 0 Å². The van der Waals surface area contributed by atoms with Gasteiger partial charge in [0.05, 0.1) is 9.83 Å². The largest absolute Gasteiger partial charge is 0.352 e. The fourth-order valence-electron chi connectivity index (χ4n) is 2.59. The minimum Gasteiger partial charge on any atom is -0.352 e. The van der Waals surface area contributed by atoms with Crippen molar-refractivity contribution in [1.82, 2.24) is 10.6 Å². The second-order valence-corrected chi connectivity index (χ2v) is 8.17. The van der Waals surface area contributed by atoms with Crippen LogP contribution in [-0.2, 0) is 6.42 Å². The van der Waals surface area contributed by atoms with Gasteiger partial charge in [-0.15, -0.1) is 11.3 Å². The Hall–Kier alpha value is -0.690. The molecule has 0 saturated carbocycles. The number of amides is 1. The molecular weight excluding hydrogens is 416 g/mol. The van der Waals surface area contributed by atoms with Crippen molar-refractivity contribution in [3.63, 3.8) is 0 Å². The molecule has 0 saturated heterocycles. The maximum atomic E-state index is 12.0. The molecule has 0 radical (unpaired) electrons. The molecule has 3 rings (SSSR count). The Morgan fingerprint density at radius 3 is 2.81 bits per heavy atom. The van der Waals surface area contributed by atoms with Crippen LogP contribution in [0, 0.1) is 0 Å². The number of fused-ring (bicyclic) bond motifs is 1. The molecule has 0 bridgehead atoms. The molecule has 1 aromatic heterocycles. The Morgan fingerprint density at radius 2 is 2.14 bits per heavy atom. The van der Waals surface area contributed by atoms with Gasteiger partial charge in [0, 0.05) is 21.5 Å². The van der Waals surface area contributed by atoms with Crippen LogP contribution in [0.1, 0.15) is 32.4 Å². The number of carbonyl (C=O) groups excluding carboxylic acids is 1. The lowest BCUT2D eigenvalue weighted by Gasteiger charge is -2.20. The number of carbonyl (C=O) groups is 1. The predicted molar refractivity (Wildman–Crippen MR) is 93.1 cm³/mol. The molecule has 1 amide bonds. The average molecular weight is 430 g/mol. The van der Waals surface area contributed by atoms with E-state index in [1.807, 2.05) is 13.1 Å². The first-order chi connectivity index (χ1) is 10.1. The normalized spacial score (nSPS) is 15.5. The number of rotatable bonds is 3. The summed E-state index contributed by atoms with van der Waals surface area (Å²) in [5.41, 5.74) is 3.04. The van der Waals surface area contributed by atoms with Gasteiger partial charge >= 0.3 is 0 Å². The molecule has 1 unspecified atom stereocenters. The van der Waals surface area contributed by atoms with E-state index < -0.39 is 0 Å². The maximum absolute atomic E-state index is 12.0. The highest BCUT2D eigenvalue weighted by Gasteiger charge is 2.21. The van der Waals surface area contributed by atoms with Crippen molar-refractivity contribution in [3.8, 4) is 0 Å². The van der Waals surface area contributed by atoms with Crippen molar-refractivity contribution in [2.24, 2.45) is 0 Å². The molecule has 1 aromatic carbocycles. The number of halogens is 2. The molecule has 0 aliphatic carbocycles. The van der Waals surface area contributed by atoms with Gasteiger partial charge in [0.25, 0.3) is 5.91 Å². The first-order valence-corrected chi connectivity index (χ1v) is 9.03. The van der Waals surface area contributed by atoms with Crippen molar-refractivity contribution < 1.29 is 4.79 Å². The van der Waals surface area contributed by atoms with Crippen molar-refractivity contribution in [3.05, 3.63) is 54.1 Å². The van der Waals surface area contributed by atoms with E-state index in [-0.39, 0.29) is 11.9 Å². The molecule has 0 fully saturated rings. The van der Waals surface area contributed by atoms with Crippen molar-refractivity contribution in [1.29, 1.82) is 0 Å². The Labute approximate surface area is 144 Å². The molecule has 1 aliphatic heterocycles. The third kappa shape index (κ3) is 2.95. The predicted octanol–water partition coefficient (Wildman–Crippen LogP) is 3.87. The van der Waals surface area contributed by atoms with Gasteiger partial charge < -0.3 is 10.6 Å². The summed E-state index contributed by atoms with van der Waals surface area (Å²) in [7, 11) is 1.94. The van der Waals surface area contributed by atoms with Crippen LogP contribution in [0.4, 0.5) is 0 Å². The molecule has 3 nitrogen and oxygen atoms in total. The zero-order chi connectivity index (χ0) is 15.0. The molecule has 2 N–H and O–H groups in total. The standard InChI is InChI=1S/C15H14Br2N2OS/c1-18-13(12-7-11(16)14(17)21-12)9-3-2-8-4-5-19-15(20)10(8)6-9/h2-3,6-7,13,18H,4-5H2,1H3,(H,19,20). The molecule has 1 atom stereocenters. The summed E-state index contributed by atoms with van der Waals surface area (Å²) in [4.78, 5) is 13.2. The van der Waals surface area contributed by atoms with Crippen LogP contribution in [0.5, 0.6) is 0 Å². The van der Waals surface area contributed by atoms with Crippen LogP contribution in [-0.4, -0.2) is 19.5 Å². The number of hydrogen-bond acceptors (Lipinski definition) is 3. The second-order valence-electron chi connectivity index (χ2n) is 4.91. The van der Waals surface area contributed by atoms with Gasteiger partial charge in [0.1, 0.15) is 0 Å². The minimum absolute atomic E-state index is 0.0292. The average Bonchev–Trinajstić information content (AvgIpc) is 2.80. The lowest BCUT2D eigenvalue weighted by molar-refractivity contribution is 0.0946. The van der Waals surface area contributed by atoms with Crippen LogP contribution in [0.2, 0.25) is 0 Å². The van der Waals surface area contributed by atoms with Crippen molar-refractivity contribution in [2.75, 3.05) is 13.6 Å². The smallest absolute Gasteiger partial charge is 0.251 e. The highest BCUT2D eigenvalue weighted by molar-refractivity contribution is 9.13. The summed E-state index contributed by atoms with van der Waals surface area (Å²) in [6.45, 7) is 0.728. The van der Waals surface area contributed by atoms with E-state index in [2.05, 4.69) is 60.7 Å². The van der Waals surface area contributed by atoms with E-state index in [1.54, 1.807) is 11.3 Å². The van der Waals surface area contributed by atoms with Gasteiger partial charge in [-0.25, -0.2) is 0 Å². The third-order valence-electron chi connectivity index (χ3n) is 3.63. The quantitative estimate of drug-likeness (QED) is 0.777. The highest BCUT2D eigenvalue weighted by atomic mass is 79.9. The van der Waals surface area contributed by atoms with Crippen molar-refractivity contribution >= 4 is 49.1 Å². The Balaban J connectivity index is 2.01. The Kier molecular flexibility index (Phi) is 4.49. The topological polar surface area (TPSA) is 41.1 Å². The highest BCUT2D eigenvalue weighted by Crippen LogP contribution is 2.37. The Morgan fingerprint density at radius 1 is 1.33 bits per heavy atom. The number of benzene rings is 1. The zero-order valence-electron chi connectivity index (χ0n) is 11.4. The van der Waals surface area contributed by atoms with E-state index in [0.717, 1.165) is 37.9 Å². The number of nitrogens with one attached hydrogen (secondary N) is 2. The Bertz CT molecular complexity index is 679. The summed E-state index contributed by atoms with van der Waals surface area (Å²) in [6.07, 6.45) is 0.904.